The molecule has 5 aliphatic rings. The molecule has 15 heteroatoms. The molecule has 6 atom stereocenters. The second-order valence-corrected chi connectivity index (χ2v) is 18.6. The van der Waals surface area contributed by atoms with E-state index in [1.165, 1.54) is 18.2 Å². The minimum absolute atomic E-state index is 0.0199. The number of rotatable bonds is 24. The Morgan fingerprint density at radius 3 is 2.46 bits per heavy atom. The molecule has 4 aromatic rings. The molecule has 2 N–H and O–H groups in total. The van der Waals surface area contributed by atoms with Crippen LogP contribution in [-0.4, -0.2) is 101 Å². The highest BCUT2D eigenvalue weighted by molar-refractivity contribution is 6.03. The van der Waals surface area contributed by atoms with Crippen LogP contribution in [-0.2, 0) is 27.5 Å². The number of fused-ring (bicyclic) bond motifs is 3. The van der Waals surface area contributed by atoms with E-state index in [-0.39, 0.29) is 75.5 Å². The Bertz CT molecular complexity index is 2560. The fourth-order valence-corrected chi connectivity index (χ4v) is 10.6. The minimum Gasteiger partial charge on any atom is -0.492 e. The van der Waals surface area contributed by atoms with Gasteiger partial charge in [0.1, 0.15) is 30.8 Å². The van der Waals surface area contributed by atoms with E-state index in [1.54, 1.807) is 29.2 Å². The van der Waals surface area contributed by atoms with E-state index in [2.05, 4.69) is 23.6 Å². The first-order chi connectivity index (χ1) is 34.3. The SMILES string of the molecule is C=CCOC12Oc3ccc(OCCN4CC4)cc3C3C(CCCCO)C(CCCCO)C=C(C(=NOCc4ccccc4)CC1N(Cc1ccc4c(c1)OCO4)C(=O)C=Cc1ccc([N+](=O)[O-])cc1)C32. The lowest BCUT2D eigenvalue weighted by atomic mass is 9.55. The van der Waals surface area contributed by atoms with E-state index in [1.807, 2.05) is 60.7 Å². The summed E-state index contributed by atoms with van der Waals surface area (Å²) in [5, 5.41) is 36.6. The van der Waals surface area contributed by atoms with Crippen molar-refractivity contribution >= 4 is 23.4 Å². The Labute approximate surface area is 408 Å². The van der Waals surface area contributed by atoms with Crippen molar-refractivity contribution in [1.82, 2.24) is 9.80 Å². The zero-order chi connectivity index (χ0) is 48.5. The molecule has 4 aromatic carbocycles. The molecule has 0 aromatic heterocycles. The van der Waals surface area contributed by atoms with Crippen molar-refractivity contribution in [1.29, 1.82) is 0 Å². The molecule has 0 bridgehead atoms. The number of allylic oxidation sites excluding steroid dienone is 1. The summed E-state index contributed by atoms with van der Waals surface area (Å²) in [5.41, 5.74) is 4.81. The average Bonchev–Trinajstić information content (AvgIpc) is 4.09. The number of aliphatic hydroxyl groups is 2. The van der Waals surface area contributed by atoms with Gasteiger partial charge in [0.2, 0.25) is 18.5 Å². The second-order valence-electron chi connectivity index (χ2n) is 18.6. The molecule has 6 unspecified atom stereocenters. The lowest BCUT2D eigenvalue weighted by Crippen LogP contribution is -2.70. The topological polar surface area (TPSA) is 175 Å². The van der Waals surface area contributed by atoms with Crippen LogP contribution in [0.25, 0.3) is 6.08 Å². The van der Waals surface area contributed by atoms with Gasteiger partial charge in [-0.05, 0) is 108 Å². The third kappa shape index (κ3) is 10.9. The maximum Gasteiger partial charge on any atom is 0.269 e. The maximum atomic E-state index is 15.3. The molecule has 70 heavy (non-hydrogen) atoms. The maximum absolute atomic E-state index is 15.3. The molecule has 3 aliphatic heterocycles. The van der Waals surface area contributed by atoms with Crippen LogP contribution >= 0.6 is 0 Å². The number of benzene rings is 4. The number of nitro groups is 1. The van der Waals surface area contributed by atoms with Crippen LogP contribution in [0.15, 0.2) is 127 Å². The fraction of sp³-hybridized carbons (Fsp3) is 0.418. The third-order valence-corrected chi connectivity index (χ3v) is 14.1. The summed E-state index contributed by atoms with van der Waals surface area (Å²) < 4.78 is 32.6. The number of nitrogens with zero attached hydrogens (tertiary/aromatic N) is 4. The summed E-state index contributed by atoms with van der Waals surface area (Å²) in [4.78, 5) is 36.8. The smallest absolute Gasteiger partial charge is 0.269 e. The van der Waals surface area contributed by atoms with Crippen LogP contribution < -0.4 is 18.9 Å². The molecule has 0 radical (unpaired) electrons. The predicted octanol–water partition coefficient (Wildman–Crippen LogP) is 8.59. The average molecular weight is 955 g/mol. The third-order valence-electron chi connectivity index (χ3n) is 14.1. The van der Waals surface area contributed by atoms with Crippen molar-refractivity contribution in [3.8, 4) is 23.0 Å². The molecule has 3 heterocycles. The number of non-ortho nitro benzene ring substituents is 1. The molecule has 2 aliphatic carbocycles. The van der Waals surface area contributed by atoms with Gasteiger partial charge >= 0.3 is 0 Å². The Balaban J connectivity index is 1.22. The number of carbonyl (C=O) groups is 1. The summed E-state index contributed by atoms with van der Waals surface area (Å²) in [6.45, 7) is 8.24. The van der Waals surface area contributed by atoms with E-state index >= 15 is 4.79 Å². The summed E-state index contributed by atoms with van der Waals surface area (Å²) >= 11 is 0. The van der Waals surface area contributed by atoms with Crippen molar-refractivity contribution in [2.24, 2.45) is 22.9 Å². The quantitative estimate of drug-likeness (QED) is 0.0171. The van der Waals surface area contributed by atoms with Crippen molar-refractivity contribution in [2.75, 3.05) is 52.9 Å². The number of hydrogen-bond donors (Lipinski definition) is 2. The number of amides is 1. The molecular formula is C55H62N4O11. The van der Waals surface area contributed by atoms with Crippen LogP contribution in [0.4, 0.5) is 5.69 Å². The fourth-order valence-electron chi connectivity index (χ4n) is 10.6. The Hall–Kier alpha value is -6.52. The second kappa shape index (κ2) is 22.5. The minimum atomic E-state index is -1.52. The Morgan fingerprint density at radius 2 is 1.70 bits per heavy atom. The van der Waals surface area contributed by atoms with Crippen molar-refractivity contribution in [3.05, 3.63) is 154 Å². The highest BCUT2D eigenvalue weighted by Gasteiger charge is 2.65. The summed E-state index contributed by atoms with van der Waals surface area (Å²) in [6.07, 6.45) is 11.8. The summed E-state index contributed by atoms with van der Waals surface area (Å²) in [6, 6.07) is 26.7. The van der Waals surface area contributed by atoms with Crippen LogP contribution in [0.3, 0.4) is 0 Å². The monoisotopic (exact) mass is 954 g/mol. The highest BCUT2D eigenvalue weighted by atomic mass is 16.7. The van der Waals surface area contributed by atoms with Crippen LogP contribution in [0.2, 0.25) is 0 Å². The van der Waals surface area contributed by atoms with E-state index in [0.717, 1.165) is 73.3 Å². The van der Waals surface area contributed by atoms with Crippen LogP contribution in [0.1, 0.15) is 73.1 Å². The van der Waals surface area contributed by atoms with Crippen LogP contribution in [0.5, 0.6) is 23.0 Å². The molecule has 0 spiro atoms. The van der Waals surface area contributed by atoms with Gasteiger partial charge in [-0.2, -0.15) is 0 Å². The number of aliphatic hydroxyl groups excluding tert-OH is 2. The predicted molar refractivity (Wildman–Crippen MR) is 263 cm³/mol. The van der Waals surface area contributed by atoms with Gasteiger partial charge in [0, 0.05) is 75.5 Å². The summed E-state index contributed by atoms with van der Waals surface area (Å²) in [7, 11) is 0. The van der Waals surface area contributed by atoms with E-state index in [0.29, 0.717) is 48.0 Å². The molecule has 1 saturated heterocycles. The van der Waals surface area contributed by atoms with Crippen molar-refractivity contribution < 1.29 is 48.5 Å². The lowest BCUT2D eigenvalue weighted by molar-refractivity contribution is -0.384. The van der Waals surface area contributed by atoms with Gasteiger partial charge < -0.3 is 43.6 Å². The molecule has 1 saturated carbocycles. The molecule has 9 rings (SSSR count). The van der Waals surface area contributed by atoms with E-state index in [4.69, 9.17) is 33.7 Å². The number of ether oxygens (including phenoxy) is 5. The molecule has 15 nitrogen and oxygen atoms in total. The van der Waals surface area contributed by atoms with Gasteiger partial charge in [-0.25, -0.2) is 0 Å². The normalized spacial score (nSPS) is 23.5. The standard InChI is InChI=1S/C55H62N4O11/c1-2-29-68-55-51(58(35-40-16-21-49-50(31-40)67-37-66-49)52(62)23-17-38-14-18-42(19-15-38)59(63)64)34-47(56-69-36-39-10-4-3-5-11-39)45-32-41(12-6-8-27-60)44(13-7-9-28-61)53(54(45)55)46-33-43(20-22-48(46)70-55)65-30-26-57-24-25-57/h2-5,10-11,14-23,31-33,41,44,51,53-54,60-61H,1,6-9,12-13,24-30,34-37H2. The Kier molecular flexibility index (Phi) is 15.6. The summed E-state index contributed by atoms with van der Waals surface area (Å²) in [5.74, 6) is -0.0805. The van der Waals surface area contributed by atoms with Gasteiger partial charge in [0.25, 0.3) is 5.69 Å². The van der Waals surface area contributed by atoms with Crippen LogP contribution in [0, 0.1) is 27.9 Å². The first-order valence-electron chi connectivity index (χ1n) is 24.5. The molecule has 368 valence electrons. The zero-order valence-corrected chi connectivity index (χ0v) is 39.4. The zero-order valence-electron chi connectivity index (χ0n) is 39.4. The first kappa shape index (κ1) is 48.5. The van der Waals surface area contributed by atoms with Crippen molar-refractivity contribution in [2.45, 2.75) is 75.8 Å². The largest absolute Gasteiger partial charge is 0.492 e. The van der Waals surface area contributed by atoms with Gasteiger partial charge in [-0.3, -0.25) is 19.8 Å². The lowest BCUT2D eigenvalue weighted by Gasteiger charge is -2.60. The highest BCUT2D eigenvalue weighted by Crippen LogP contribution is 2.62. The Morgan fingerprint density at radius 1 is 0.929 bits per heavy atom. The first-order valence-corrected chi connectivity index (χ1v) is 24.5. The molecule has 1 amide bonds. The number of carbonyl (C=O) groups excluding carboxylic acids is 1. The van der Waals surface area contributed by atoms with Gasteiger partial charge in [0.15, 0.2) is 11.5 Å². The molecule has 2 fully saturated rings. The number of nitro benzene ring substituents is 1. The van der Waals surface area contributed by atoms with Gasteiger partial charge in [-0.1, -0.05) is 66.5 Å². The van der Waals surface area contributed by atoms with E-state index < -0.39 is 22.7 Å². The van der Waals surface area contributed by atoms with E-state index in [9.17, 15) is 20.3 Å². The molecular weight excluding hydrogens is 893 g/mol. The number of hydrogen-bond acceptors (Lipinski definition) is 13. The van der Waals surface area contributed by atoms with Gasteiger partial charge in [0.05, 0.1) is 23.2 Å². The number of unbranched alkanes of at least 4 members (excludes halogenated alkanes) is 2. The van der Waals surface area contributed by atoms with Crippen molar-refractivity contribution in [3.63, 3.8) is 0 Å². The number of oxime groups is 1. The van der Waals surface area contributed by atoms with Gasteiger partial charge in [-0.15, -0.1) is 6.58 Å².